The molecule has 0 radical (unpaired) electrons. The van der Waals surface area contributed by atoms with E-state index in [9.17, 15) is 27.6 Å². The minimum absolute atomic E-state index is 0.0507. The van der Waals surface area contributed by atoms with Crippen molar-refractivity contribution in [3.8, 4) is 0 Å². The van der Waals surface area contributed by atoms with E-state index < -0.39 is 36.1 Å². The highest BCUT2D eigenvalue weighted by Crippen LogP contribution is 2.33. The van der Waals surface area contributed by atoms with Crippen LogP contribution in [0.15, 0.2) is 42.5 Å². The number of halogens is 5. The van der Waals surface area contributed by atoms with E-state index >= 15 is 0 Å². The van der Waals surface area contributed by atoms with Gasteiger partial charge >= 0.3 is 12.1 Å². The SMILES string of the molecule is O=C(CCCC(=O)OCC(=O)Nc1ccccc1Cl)Nc1cc(C(F)(F)F)ccc1Cl. The molecule has 0 spiro atoms. The maximum absolute atomic E-state index is 12.8. The predicted octanol–water partition coefficient (Wildman–Crippen LogP) is 5.30. The number of esters is 1. The molecular weight excluding hydrogens is 460 g/mol. The van der Waals surface area contributed by atoms with Gasteiger partial charge in [0, 0.05) is 12.8 Å². The van der Waals surface area contributed by atoms with Crippen molar-refractivity contribution in [2.75, 3.05) is 17.2 Å². The maximum atomic E-state index is 12.8. The van der Waals surface area contributed by atoms with Gasteiger partial charge in [0.05, 0.1) is 27.0 Å². The highest BCUT2D eigenvalue weighted by molar-refractivity contribution is 6.34. The molecule has 0 atom stereocenters. The lowest BCUT2D eigenvalue weighted by Crippen LogP contribution is -2.21. The Bertz CT molecular complexity index is 968. The molecule has 2 rings (SSSR count). The van der Waals surface area contributed by atoms with Crippen LogP contribution in [0.5, 0.6) is 0 Å². The van der Waals surface area contributed by atoms with Crippen molar-refractivity contribution in [2.24, 2.45) is 0 Å². The molecule has 0 aliphatic rings. The molecule has 0 bridgehead atoms. The Morgan fingerprint density at radius 1 is 0.871 bits per heavy atom. The Morgan fingerprint density at radius 2 is 1.52 bits per heavy atom. The summed E-state index contributed by atoms with van der Waals surface area (Å²) in [5, 5.41) is 5.04. The minimum Gasteiger partial charge on any atom is -0.456 e. The molecule has 2 aromatic carbocycles. The van der Waals surface area contributed by atoms with Crippen LogP contribution in [0, 0.1) is 0 Å². The van der Waals surface area contributed by atoms with Gasteiger partial charge in [-0.1, -0.05) is 35.3 Å². The fraction of sp³-hybridized carbons (Fsp3) is 0.250. The smallest absolute Gasteiger partial charge is 0.416 e. The first-order valence-electron chi connectivity index (χ1n) is 8.93. The van der Waals surface area contributed by atoms with Crippen LogP contribution in [0.2, 0.25) is 10.0 Å². The fourth-order valence-corrected chi connectivity index (χ4v) is 2.72. The monoisotopic (exact) mass is 476 g/mol. The highest BCUT2D eigenvalue weighted by Gasteiger charge is 2.31. The van der Waals surface area contributed by atoms with Crippen molar-refractivity contribution >= 4 is 52.4 Å². The molecule has 0 heterocycles. The maximum Gasteiger partial charge on any atom is 0.416 e. The van der Waals surface area contributed by atoms with Gasteiger partial charge in [-0.05, 0) is 36.8 Å². The van der Waals surface area contributed by atoms with E-state index in [1.807, 2.05) is 0 Å². The second-order valence-corrected chi connectivity index (χ2v) is 7.10. The Morgan fingerprint density at radius 3 is 2.19 bits per heavy atom. The molecule has 31 heavy (non-hydrogen) atoms. The quantitative estimate of drug-likeness (QED) is 0.506. The van der Waals surface area contributed by atoms with E-state index in [0.717, 1.165) is 18.2 Å². The number of hydrogen-bond acceptors (Lipinski definition) is 4. The van der Waals surface area contributed by atoms with Crippen LogP contribution in [0.1, 0.15) is 24.8 Å². The predicted molar refractivity (Wildman–Crippen MR) is 110 cm³/mol. The van der Waals surface area contributed by atoms with Gasteiger partial charge in [0.25, 0.3) is 5.91 Å². The summed E-state index contributed by atoms with van der Waals surface area (Å²) in [6.45, 7) is -0.532. The van der Waals surface area contributed by atoms with Gasteiger partial charge in [0.1, 0.15) is 0 Å². The van der Waals surface area contributed by atoms with E-state index in [2.05, 4.69) is 10.6 Å². The number of para-hydroxylation sites is 1. The van der Waals surface area contributed by atoms with Gasteiger partial charge in [0.15, 0.2) is 6.61 Å². The fourth-order valence-electron chi connectivity index (χ4n) is 2.37. The summed E-state index contributed by atoms with van der Waals surface area (Å²) in [5.41, 5.74) is -0.763. The summed E-state index contributed by atoms with van der Waals surface area (Å²) in [6, 6.07) is 9.09. The van der Waals surface area contributed by atoms with E-state index in [-0.39, 0.29) is 30.0 Å². The van der Waals surface area contributed by atoms with Gasteiger partial charge in [-0.25, -0.2) is 0 Å². The molecule has 6 nitrogen and oxygen atoms in total. The molecule has 2 aromatic rings. The molecular formula is C20H17Cl2F3N2O4. The number of carbonyl (C=O) groups excluding carboxylic acids is 3. The number of hydrogen-bond donors (Lipinski definition) is 2. The summed E-state index contributed by atoms with van der Waals surface area (Å²) in [6.07, 6.45) is -4.84. The summed E-state index contributed by atoms with van der Waals surface area (Å²) >= 11 is 11.7. The lowest BCUT2D eigenvalue weighted by atomic mass is 10.2. The van der Waals surface area contributed by atoms with Crippen molar-refractivity contribution in [3.05, 3.63) is 58.1 Å². The topological polar surface area (TPSA) is 84.5 Å². The van der Waals surface area contributed by atoms with Gasteiger partial charge in [-0.3, -0.25) is 14.4 Å². The number of amides is 2. The molecule has 11 heteroatoms. The van der Waals surface area contributed by atoms with E-state index in [0.29, 0.717) is 10.7 Å². The summed E-state index contributed by atoms with van der Waals surface area (Å²) in [7, 11) is 0. The van der Waals surface area contributed by atoms with Crippen LogP contribution in [0.4, 0.5) is 24.5 Å². The third-order valence-electron chi connectivity index (χ3n) is 3.86. The molecule has 0 fully saturated rings. The first kappa shape index (κ1) is 24.5. The van der Waals surface area contributed by atoms with Crippen molar-refractivity contribution < 1.29 is 32.3 Å². The largest absolute Gasteiger partial charge is 0.456 e. The normalized spacial score (nSPS) is 11.0. The molecule has 166 valence electrons. The number of carbonyl (C=O) groups is 3. The summed E-state index contributed by atoms with van der Waals surface area (Å²) in [5.74, 6) is -1.91. The average Bonchev–Trinajstić information content (AvgIpc) is 2.69. The van der Waals surface area contributed by atoms with E-state index in [4.69, 9.17) is 27.9 Å². The number of rotatable bonds is 8. The Kier molecular flexibility index (Phi) is 8.70. The zero-order chi connectivity index (χ0) is 23.0. The number of alkyl halides is 3. The average molecular weight is 477 g/mol. The number of nitrogens with one attached hydrogen (secondary N) is 2. The zero-order valence-corrected chi connectivity index (χ0v) is 17.4. The molecule has 0 aliphatic heterocycles. The lowest BCUT2D eigenvalue weighted by molar-refractivity contribution is -0.147. The molecule has 0 saturated heterocycles. The second-order valence-electron chi connectivity index (χ2n) is 6.28. The van der Waals surface area contributed by atoms with E-state index in [1.165, 1.54) is 0 Å². The highest BCUT2D eigenvalue weighted by atomic mass is 35.5. The van der Waals surface area contributed by atoms with Crippen molar-refractivity contribution in [3.63, 3.8) is 0 Å². The molecule has 0 aliphatic carbocycles. The van der Waals surface area contributed by atoms with Crippen molar-refractivity contribution in [2.45, 2.75) is 25.4 Å². The molecule has 0 aromatic heterocycles. The lowest BCUT2D eigenvalue weighted by Gasteiger charge is -2.11. The molecule has 0 unspecified atom stereocenters. The van der Waals surface area contributed by atoms with Crippen LogP contribution in [0.3, 0.4) is 0 Å². The Labute approximate surface area is 185 Å². The van der Waals surface area contributed by atoms with Crippen LogP contribution in [-0.4, -0.2) is 24.4 Å². The van der Waals surface area contributed by atoms with Crippen LogP contribution >= 0.6 is 23.2 Å². The van der Waals surface area contributed by atoms with Gasteiger partial charge in [0.2, 0.25) is 5.91 Å². The van der Waals surface area contributed by atoms with Gasteiger partial charge < -0.3 is 15.4 Å². The number of ether oxygens (including phenoxy) is 1. The Hall–Kier alpha value is -2.78. The number of benzene rings is 2. The first-order chi connectivity index (χ1) is 14.6. The number of anilines is 2. The van der Waals surface area contributed by atoms with Crippen LogP contribution in [0.25, 0.3) is 0 Å². The van der Waals surface area contributed by atoms with Crippen molar-refractivity contribution in [1.29, 1.82) is 0 Å². The molecule has 0 saturated carbocycles. The summed E-state index contributed by atoms with van der Waals surface area (Å²) < 4.78 is 43.1. The standard InChI is InChI=1S/C20H17Cl2F3N2O4/c21-13-4-1-2-5-15(13)26-18(29)11-31-19(30)7-3-6-17(28)27-16-10-12(20(23,24)25)8-9-14(16)22/h1-2,4-5,8-10H,3,6-7,11H2,(H,26,29)(H,27,28). The van der Waals surface area contributed by atoms with Gasteiger partial charge in [-0.2, -0.15) is 13.2 Å². The third-order valence-corrected chi connectivity index (χ3v) is 4.52. The molecule has 2 N–H and O–H groups in total. The van der Waals surface area contributed by atoms with Crippen LogP contribution < -0.4 is 10.6 Å². The van der Waals surface area contributed by atoms with Gasteiger partial charge in [-0.15, -0.1) is 0 Å². The second kappa shape index (κ2) is 11.0. The van der Waals surface area contributed by atoms with Crippen LogP contribution in [-0.2, 0) is 25.3 Å². The van der Waals surface area contributed by atoms with E-state index in [1.54, 1.807) is 24.3 Å². The van der Waals surface area contributed by atoms with Crippen molar-refractivity contribution in [1.82, 2.24) is 0 Å². The first-order valence-corrected chi connectivity index (χ1v) is 9.68. The molecule has 2 amide bonds. The third kappa shape index (κ3) is 8.10. The Balaban J connectivity index is 1.73. The minimum atomic E-state index is -4.58. The summed E-state index contributed by atoms with van der Waals surface area (Å²) in [4.78, 5) is 35.4. The zero-order valence-electron chi connectivity index (χ0n) is 15.9.